The first-order valence-electron chi connectivity index (χ1n) is 12.5. The Morgan fingerprint density at radius 3 is 2.79 bits per heavy atom. The lowest BCUT2D eigenvalue weighted by atomic mass is 9.96. The van der Waals surface area contributed by atoms with Crippen LogP contribution in [-0.2, 0) is 12.8 Å². The van der Waals surface area contributed by atoms with Crippen LogP contribution in [0.4, 0.5) is 5.69 Å². The smallest absolute Gasteiger partial charge is 0.254 e. The van der Waals surface area contributed by atoms with Crippen LogP contribution in [-0.4, -0.2) is 31.7 Å². The summed E-state index contributed by atoms with van der Waals surface area (Å²) in [7, 11) is 0. The highest BCUT2D eigenvalue weighted by Gasteiger charge is 2.35. The Kier molecular flexibility index (Phi) is 5.40. The Hall–Kier alpha value is -3.48. The number of pyridine rings is 1. The van der Waals surface area contributed by atoms with Crippen LogP contribution in [0.25, 0.3) is 10.9 Å². The largest absolute Gasteiger partial charge is 0.357 e. The Labute approximate surface area is 198 Å². The van der Waals surface area contributed by atoms with Crippen molar-refractivity contribution in [2.24, 2.45) is 0 Å². The topological polar surface area (TPSA) is 79.7 Å². The summed E-state index contributed by atoms with van der Waals surface area (Å²) in [6.07, 6.45) is 7.57. The predicted molar refractivity (Wildman–Crippen MR) is 133 cm³/mol. The molecule has 4 aromatic rings. The zero-order valence-corrected chi connectivity index (χ0v) is 19.6. The third-order valence-electron chi connectivity index (χ3n) is 7.53. The van der Waals surface area contributed by atoms with Crippen molar-refractivity contribution < 1.29 is 0 Å². The van der Waals surface area contributed by atoms with E-state index in [4.69, 9.17) is 0 Å². The molecule has 1 N–H and O–H groups in total. The summed E-state index contributed by atoms with van der Waals surface area (Å²) in [5.41, 5.74) is 5.21. The molecule has 7 nitrogen and oxygen atoms in total. The number of nitrogens with zero attached hydrogens (tertiary/aromatic N) is 5. The van der Waals surface area contributed by atoms with Gasteiger partial charge < -0.3 is 9.88 Å². The molecule has 2 aromatic carbocycles. The molecule has 2 aliphatic rings. The van der Waals surface area contributed by atoms with Crippen molar-refractivity contribution >= 4 is 16.6 Å². The summed E-state index contributed by atoms with van der Waals surface area (Å²) >= 11 is 0. The predicted octanol–water partition coefficient (Wildman–Crippen LogP) is 4.73. The van der Waals surface area contributed by atoms with Gasteiger partial charge in [0.2, 0.25) is 0 Å². The van der Waals surface area contributed by atoms with E-state index in [-0.39, 0.29) is 11.6 Å². The number of para-hydroxylation sites is 1. The SMILES string of the molecule is CCc1ccc2[nH]c(=O)c([C@@H](c3nnnn3C3CCCC3)N3CCCc4ccccc43)cc2c1. The van der Waals surface area contributed by atoms with Gasteiger partial charge in [0.15, 0.2) is 5.82 Å². The van der Waals surface area contributed by atoms with Gasteiger partial charge in [0, 0.05) is 23.3 Å². The van der Waals surface area contributed by atoms with Gasteiger partial charge in [0.25, 0.3) is 5.56 Å². The number of anilines is 1. The van der Waals surface area contributed by atoms with Crippen LogP contribution in [0, 0.1) is 0 Å². The first-order chi connectivity index (χ1) is 16.7. The molecule has 34 heavy (non-hydrogen) atoms. The summed E-state index contributed by atoms with van der Waals surface area (Å²) in [5, 5.41) is 14.1. The minimum Gasteiger partial charge on any atom is -0.357 e. The first kappa shape index (κ1) is 21.1. The number of fused-ring (bicyclic) bond motifs is 2. The van der Waals surface area contributed by atoms with E-state index >= 15 is 0 Å². The normalized spacial score (nSPS) is 17.3. The standard InChI is InChI=1S/C27H30N6O/c1-2-18-13-14-23-20(16-18)17-22(27(34)28-23)25(26-29-30-31-33(26)21-10-4-5-11-21)32-15-7-9-19-8-3-6-12-24(19)32/h3,6,8,12-14,16-17,21,25H,2,4-5,7,9-11,15H2,1H3,(H,28,34)/t25-/m0/s1. The molecule has 0 unspecified atom stereocenters. The van der Waals surface area contributed by atoms with Gasteiger partial charge in [-0.15, -0.1) is 5.10 Å². The van der Waals surface area contributed by atoms with Gasteiger partial charge in [0.1, 0.15) is 6.04 Å². The van der Waals surface area contributed by atoms with E-state index in [0.717, 1.165) is 55.4 Å². The molecular formula is C27H30N6O. The summed E-state index contributed by atoms with van der Waals surface area (Å²) in [4.78, 5) is 19.0. The van der Waals surface area contributed by atoms with Crippen molar-refractivity contribution in [2.75, 3.05) is 11.4 Å². The molecule has 3 heterocycles. The van der Waals surface area contributed by atoms with Gasteiger partial charge >= 0.3 is 0 Å². The number of nitrogens with one attached hydrogen (secondary N) is 1. The number of aromatic nitrogens is 5. The van der Waals surface area contributed by atoms with Crippen molar-refractivity contribution in [3.05, 3.63) is 81.4 Å². The van der Waals surface area contributed by atoms with Gasteiger partial charge in [-0.1, -0.05) is 44.0 Å². The van der Waals surface area contributed by atoms with Crippen molar-refractivity contribution in [2.45, 2.75) is 64.0 Å². The van der Waals surface area contributed by atoms with Crippen LogP contribution >= 0.6 is 0 Å². The van der Waals surface area contributed by atoms with Gasteiger partial charge in [-0.2, -0.15) is 0 Å². The maximum Gasteiger partial charge on any atom is 0.254 e. The lowest BCUT2D eigenvalue weighted by molar-refractivity contribution is 0.425. The molecule has 0 amide bonds. The Morgan fingerprint density at radius 1 is 1.09 bits per heavy atom. The zero-order chi connectivity index (χ0) is 23.1. The molecule has 1 saturated carbocycles. The maximum atomic E-state index is 13.6. The molecule has 0 spiro atoms. The highest BCUT2D eigenvalue weighted by molar-refractivity contribution is 5.80. The first-order valence-corrected chi connectivity index (χ1v) is 12.5. The number of aryl methyl sites for hydroxylation is 2. The second-order valence-electron chi connectivity index (χ2n) is 9.58. The average molecular weight is 455 g/mol. The molecule has 0 radical (unpaired) electrons. The molecule has 0 saturated heterocycles. The second-order valence-corrected chi connectivity index (χ2v) is 9.58. The van der Waals surface area contributed by atoms with Crippen molar-refractivity contribution in [3.8, 4) is 0 Å². The molecule has 1 atom stereocenters. The van der Waals surface area contributed by atoms with Crippen molar-refractivity contribution in [1.82, 2.24) is 25.2 Å². The van der Waals surface area contributed by atoms with E-state index in [0.29, 0.717) is 11.6 Å². The number of hydrogen-bond donors (Lipinski definition) is 1. The summed E-state index contributed by atoms with van der Waals surface area (Å²) < 4.78 is 2.00. The number of tetrazole rings is 1. The van der Waals surface area contributed by atoms with E-state index in [9.17, 15) is 4.79 Å². The third kappa shape index (κ3) is 3.59. The molecular weight excluding hydrogens is 424 g/mol. The van der Waals surface area contributed by atoms with Crippen molar-refractivity contribution in [1.29, 1.82) is 0 Å². The summed E-state index contributed by atoms with van der Waals surface area (Å²) in [6, 6.07) is 16.8. The number of aromatic amines is 1. The number of benzene rings is 2. The van der Waals surface area contributed by atoms with E-state index in [1.54, 1.807) is 0 Å². The minimum atomic E-state index is -0.351. The lowest BCUT2D eigenvalue weighted by Gasteiger charge is -2.37. The minimum absolute atomic E-state index is 0.0780. The average Bonchev–Trinajstić information content (AvgIpc) is 3.57. The summed E-state index contributed by atoms with van der Waals surface area (Å²) in [6.45, 7) is 3.00. The van der Waals surface area contributed by atoms with Crippen LogP contribution in [0.2, 0.25) is 0 Å². The Balaban J connectivity index is 1.57. The fraction of sp³-hybridized carbons (Fsp3) is 0.407. The lowest BCUT2D eigenvalue weighted by Crippen LogP contribution is -2.38. The highest BCUT2D eigenvalue weighted by atomic mass is 16.1. The van der Waals surface area contributed by atoms with Gasteiger partial charge in [-0.3, -0.25) is 4.79 Å². The maximum absolute atomic E-state index is 13.6. The molecule has 6 rings (SSSR count). The van der Waals surface area contributed by atoms with Crippen LogP contribution in [0.15, 0.2) is 53.3 Å². The third-order valence-corrected chi connectivity index (χ3v) is 7.53. The van der Waals surface area contributed by atoms with Gasteiger partial charge in [0.05, 0.1) is 6.04 Å². The molecule has 1 fully saturated rings. The van der Waals surface area contributed by atoms with Crippen LogP contribution in [0.5, 0.6) is 0 Å². The molecule has 1 aliphatic heterocycles. The molecule has 2 aromatic heterocycles. The van der Waals surface area contributed by atoms with Crippen LogP contribution in [0.3, 0.4) is 0 Å². The monoisotopic (exact) mass is 454 g/mol. The van der Waals surface area contributed by atoms with E-state index in [2.05, 4.69) is 74.8 Å². The van der Waals surface area contributed by atoms with E-state index < -0.39 is 0 Å². The number of hydrogen-bond acceptors (Lipinski definition) is 5. The van der Waals surface area contributed by atoms with Gasteiger partial charge in [-0.25, -0.2) is 4.68 Å². The number of rotatable bonds is 5. The number of H-pyrrole nitrogens is 1. The van der Waals surface area contributed by atoms with E-state index in [1.165, 1.54) is 29.7 Å². The van der Waals surface area contributed by atoms with Crippen LogP contribution < -0.4 is 10.5 Å². The highest BCUT2D eigenvalue weighted by Crippen LogP contribution is 2.38. The Bertz CT molecular complexity index is 1380. The van der Waals surface area contributed by atoms with Gasteiger partial charge in [-0.05, 0) is 83.3 Å². The molecule has 1 aliphatic carbocycles. The van der Waals surface area contributed by atoms with E-state index in [1.807, 2.05) is 10.7 Å². The molecule has 174 valence electrons. The zero-order valence-electron chi connectivity index (χ0n) is 19.6. The second kappa shape index (κ2) is 8.70. The molecule has 0 bridgehead atoms. The summed E-state index contributed by atoms with van der Waals surface area (Å²) in [5.74, 6) is 0.764. The quantitative estimate of drug-likeness (QED) is 0.471. The fourth-order valence-corrected chi connectivity index (χ4v) is 5.76. The Morgan fingerprint density at radius 2 is 1.94 bits per heavy atom. The van der Waals surface area contributed by atoms with Crippen LogP contribution in [0.1, 0.15) is 73.6 Å². The van der Waals surface area contributed by atoms with Crippen molar-refractivity contribution in [3.63, 3.8) is 0 Å². The molecule has 7 heteroatoms. The fourth-order valence-electron chi connectivity index (χ4n) is 5.76.